The van der Waals surface area contributed by atoms with Crippen molar-refractivity contribution in [2.24, 2.45) is 5.92 Å². The normalized spacial score (nSPS) is 32.5. The molecule has 6 heterocycles. The van der Waals surface area contributed by atoms with Crippen molar-refractivity contribution in [3.63, 3.8) is 0 Å². The van der Waals surface area contributed by atoms with Gasteiger partial charge in [-0.2, -0.15) is 9.97 Å². The first-order chi connectivity index (χ1) is 21.9. The van der Waals surface area contributed by atoms with Crippen molar-refractivity contribution in [2.45, 2.75) is 101 Å². The third kappa shape index (κ3) is 4.75. The average molecular weight is 613 g/mol. The summed E-state index contributed by atoms with van der Waals surface area (Å²) in [5, 5.41) is 16.7. The van der Waals surface area contributed by atoms with Crippen LogP contribution in [-0.4, -0.2) is 82.6 Å². The van der Waals surface area contributed by atoms with Gasteiger partial charge in [-0.15, -0.1) is 0 Å². The number of aromatic hydroxyl groups is 1. The van der Waals surface area contributed by atoms with Gasteiger partial charge in [0.15, 0.2) is 0 Å². The Kier molecular flexibility index (Phi) is 6.67. The average Bonchev–Trinajstić information content (AvgIpc) is 3.65. The third-order valence-electron chi connectivity index (χ3n) is 12.0. The highest BCUT2D eigenvalue weighted by Crippen LogP contribution is 2.51. The fourth-order valence-corrected chi connectivity index (χ4v) is 10.1. The minimum atomic E-state index is -0.790. The molecule has 0 amide bonds. The smallest absolute Gasteiger partial charge is 0.318 e. The molecular formula is C36H45FN6O2. The number of halogens is 1. The maximum absolute atomic E-state index is 15.0. The molecule has 5 fully saturated rings. The first-order valence-corrected chi connectivity index (χ1v) is 17.3. The molecule has 2 aromatic carbocycles. The SMILES string of the molecule is Cc1cccc2cc(O)cc(N3CCc4c(nc(OC[C@]56C[C@H](F)CN5[C@H]5CCCC[C@H]5C6)nc4N4CC5CCC(C4)N5)C3)c12. The maximum atomic E-state index is 15.0. The van der Waals surface area contributed by atoms with Crippen LogP contribution in [0, 0.1) is 12.8 Å². The lowest BCUT2D eigenvalue weighted by Gasteiger charge is -2.38. The number of phenols is 1. The van der Waals surface area contributed by atoms with E-state index in [0.29, 0.717) is 56.2 Å². The minimum absolute atomic E-state index is 0.253. The van der Waals surface area contributed by atoms with Gasteiger partial charge >= 0.3 is 6.01 Å². The van der Waals surface area contributed by atoms with E-state index >= 15 is 0 Å². The Morgan fingerprint density at radius 3 is 2.73 bits per heavy atom. The Morgan fingerprint density at radius 1 is 1.02 bits per heavy atom. The highest BCUT2D eigenvalue weighted by Gasteiger charge is 2.57. The molecule has 238 valence electrons. The second-order valence-corrected chi connectivity index (χ2v) is 14.9. The van der Waals surface area contributed by atoms with Crippen molar-refractivity contribution in [3.8, 4) is 11.8 Å². The molecule has 2 N–H and O–H groups in total. The van der Waals surface area contributed by atoms with E-state index in [1.54, 1.807) is 0 Å². The quantitative estimate of drug-likeness (QED) is 0.404. The van der Waals surface area contributed by atoms with Crippen LogP contribution >= 0.6 is 0 Å². The number of nitrogens with one attached hydrogen (secondary N) is 1. The summed E-state index contributed by atoms with van der Waals surface area (Å²) in [6, 6.07) is 11.9. The summed E-state index contributed by atoms with van der Waals surface area (Å²) in [4.78, 5) is 17.6. The zero-order chi connectivity index (χ0) is 30.3. The molecule has 6 atom stereocenters. The van der Waals surface area contributed by atoms with Gasteiger partial charge in [0.05, 0.1) is 17.8 Å². The zero-order valence-electron chi connectivity index (χ0n) is 26.3. The largest absolute Gasteiger partial charge is 0.508 e. The van der Waals surface area contributed by atoms with E-state index in [0.717, 1.165) is 55.1 Å². The summed E-state index contributed by atoms with van der Waals surface area (Å²) >= 11 is 0. The number of hydrogen-bond donors (Lipinski definition) is 2. The maximum Gasteiger partial charge on any atom is 0.318 e. The number of ether oxygens (including phenoxy) is 1. The number of piperazine rings is 1. The van der Waals surface area contributed by atoms with E-state index in [1.165, 1.54) is 55.0 Å². The fraction of sp³-hybridized carbons (Fsp3) is 0.611. The van der Waals surface area contributed by atoms with E-state index < -0.39 is 6.17 Å². The van der Waals surface area contributed by atoms with Gasteiger partial charge in [-0.1, -0.05) is 31.0 Å². The molecule has 1 aromatic heterocycles. The first-order valence-electron chi connectivity index (χ1n) is 17.3. The van der Waals surface area contributed by atoms with Gasteiger partial charge in [0.2, 0.25) is 0 Å². The standard InChI is InChI=1S/C36H45FN6O2/c1-22-5-4-7-23-13-28(44)14-32(33(22)23)41-12-11-29-30(20-41)39-35(40-34(29)42-18-26-9-10-27(19-42)38-26)45-21-36-15-24-6-2-3-8-31(24)43(36)17-25(37)16-36/h4-5,7,13-14,24-27,31,38,44H,2-3,6,8-12,15-21H2,1H3/t24-,25-,26?,27?,31-,36-/m0/s1. The predicted molar refractivity (Wildman–Crippen MR) is 174 cm³/mol. The van der Waals surface area contributed by atoms with Crippen molar-refractivity contribution in [2.75, 3.05) is 42.6 Å². The second-order valence-electron chi connectivity index (χ2n) is 14.9. The molecule has 9 heteroatoms. The van der Waals surface area contributed by atoms with E-state index in [2.05, 4.69) is 39.1 Å². The molecule has 45 heavy (non-hydrogen) atoms. The number of rotatable bonds is 5. The highest BCUT2D eigenvalue weighted by atomic mass is 19.1. The van der Waals surface area contributed by atoms with Crippen molar-refractivity contribution in [1.82, 2.24) is 20.2 Å². The number of benzene rings is 2. The van der Waals surface area contributed by atoms with Gasteiger partial charge in [0, 0.05) is 73.4 Å². The van der Waals surface area contributed by atoms with Crippen molar-refractivity contribution >= 4 is 22.3 Å². The Hall–Kier alpha value is -3.17. The lowest BCUT2D eigenvalue weighted by Crippen LogP contribution is -2.52. The van der Waals surface area contributed by atoms with Gasteiger partial charge in [-0.3, -0.25) is 4.90 Å². The molecule has 4 saturated heterocycles. The van der Waals surface area contributed by atoms with Crippen LogP contribution in [0.4, 0.5) is 15.9 Å². The highest BCUT2D eigenvalue weighted by molar-refractivity contribution is 5.98. The van der Waals surface area contributed by atoms with Crippen LogP contribution in [-0.2, 0) is 13.0 Å². The molecule has 1 aliphatic carbocycles. The number of anilines is 2. The van der Waals surface area contributed by atoms with Crippen LogP contribution in [0.5, 0.6) is 11.8 Å². The number of phenolic OH excluding ortho intramolecular Hbond substituents is 1. The summed E-state index contributed by atoms with van der Waals surface area (Å²) < 4.78 is 21.6. The Morgan fingerprint density at radius 2 is 1.87 bits per heavy atom. The number of alkyl halides is 1. The Bertz CT molecular complexity index is 1620. The monoisotopic (exact) mass is 612 g/mol. The van der Waals surface area contributed by atoms with Crippen LogP contribution in [0.25, 0.3) is 10.8 Å². The minimum Gasteiger partial charge on any atom is -0.508 e. The van der Waals surface area contributed by atoms with Crippen molar-refractivity contribution < 1.29 is 14.2 Å². The van der Waals surface area contributed by atoms with Crippen LogP contribution in [0.3, 0.4) is 0 Å². The Balaban J connectivity index is 1.06. The second kappa shape index (κ2) is 10.7. The molecule has 9 rings (SSSR count). The van der Waals surface area contributed by atoms with Crippen molar-refractivity contribution in [1.29, 1.82) is 0 Å². The lowest BCUT2D eigenvalue weighted by molar-refractivity contribution is 0.0772. The lowest BCUT2D eigenvalue weighted by atomic mass is 9.81. The van der Waals surface area contributed by atoms with Gasteiger partial charge in [0.25, 0.3) is 0 Å². The number of fused-ring (bicyclic) bond motifs is 7. The van der Waals surface area contributed by atoms with Gasteiger partial charge in [-0.05, 0) is 68.4 Å². The van der Waals surface area contributed by atoms with Crippen LogP contribution in [0.2, 0.25) is 0 Å². The van der Waals surface area contributed by atoms with Gasteiger partial charge in [0.1, 0.15) is 24.3 Å². The molecule has 0 radical (unpaired) electrons. The molecule has 8 nitrogen and oxygen atoms in total. The van der Waals surface area contributed by atoms with Crippen molar-refractivity contribution in [3.05, 3.63) is 47.2 Å². The predicted octanol–water partition coefficient (Wildman–Crippen LogP) is 5.27. The van der Waals surface area contributed by atoms with E-state index in [-0.39, 0.29) is 11.3 Å². The molecular weight excluding hydrogens is 567 g/mol. The first kappa shape index (κ1) is 28.1. The summed E-state index contributed by atoms with van der Waals surface area (Å²) in [5.41, 5.74) is 4.20. The van der Waals surface area contributed by atoms with Gasteiger partial charge < -0.3 is 25.0 Å². The summed E-state index contributed by atoms with van der Waals surface area (Å²) in [7, 11) is 0. The molecule has 2 bridgehead atoms. The third-order valence-corrected chi connectivity index (χ3v) is 12.0. The molecule has 3 aromatic rings. The molecule has 2 unspecified atom stereocenters. The van der Waals surface area contributed by atoms with E-state index in [9.17, 15) is 9.50 Å². The summed E-state index contributed by atoms with van der Waals surface area (Å²) in [6.45, 7) is 6.48. The number of hydrogen-bond acceptors (Lipinski definition) is 8. The molecule has 6 aliphatic rings. The van der Waals surface area contributed by atoms with Crippen LogP contribution in [0.15, 0.2) is 30.3 Å². The van der Waals surface area contributed by atoms with E-state index in [1.807, 2.05) is 18.2 Å². The van der Waals surface area contributed by atoms with Gasteiger partial charge in [-0.25, -0.2) is 4.39 Å². The zero-order valence-corrected chi connectivity index (χ0v) is 26.3. The number of nitrogens with zero attached hydrogens (tertiary/aromatic N) is 5. The van der Waals surface area contributed by atoms with Crippen LogP contribution < -0.4 is 19.9 Å². The summed E-state index contributed by atoms with van der Waals surface area (Å²) in [5.74, 6) is 1.95. The molecule has 5 aliphatic heterocycles. The number of aryl methyl sites for hydroxylation is 1. The molecule has 1 saturated carbocycles. The number of aromatic nitrogens is 2. The molecule has 0 spiro atoms. The fourth-order valence-electron chi connectivity index (χ4n) is 10.1. The van der Waals surface area contributed by atoms with E-state index in [4.69, 9.17) is 14.7 Å². The van der Waals surface area contributed by atoms with Crippen LogP contribution in [0.1, 0.15) is 68.2 Å². The topological polar surface area (TPSA) is 77.0 Å². The summed E-state index contributed by atoms with van der Waals surface area (Å²) in [6.07, 6.45) is 9.01. The Labute approximate surface area is 265 Å².